The van der Waals surface area contributed by atoms with Crippen molar-refractivity contribution >= 4 is 39.3 Å². The van der Waals surface area contributed by atoms with E-state index < -0.39 is 21.7 Å². The molecule has 3 aliphatic rings. The summed E-state index contributed by atoms with van der Waals surface area (Å²) in [5.74, 6) is -1.81. The second-order valence-electron chi connectivity index (χ2n) is 8.26. The molecule has 0 unspecified atom stereocenters. The van der Waals surface area contributed by atoms with Crippen molar-refractivity contribution in [3.8, 4) is 0 Å². The molecule has 3 amide bonds. The quantitative estimate of drug-likeness (QED) is 0.657. The first-order valence-corrected chi connectivity index (χ1v) is 12.3. The summed E-state index contributed by atoms with van der Waals surface area (Å²) >= 11 is 5.99. The fourth-order valence-corrected chi connectivity index (χ4v) is 6.27. The van der Waals surface area contributed by atoms with Crippen molar-refractivity contribution in [2.45, 2.75) is 23.8 Å². The Balaban J connectivity index is 1.30. The highest BCUT2D eigenvalue weighted by Gasteiger charge is 2.49. The molecule has 5 rings (SSSR count). The van der Waals surface area contributed by atoms with Gasteiger partial charge in [0.25, 0.3) is 27.7 Å². The van der Waals surface area contributed by atoms with Gasteiger partial charge < -0.3 is 9.80 Å². The summed E-state index contributed by atoms with van der Waals surface area (Å²) in [6.45, 7) is 0.964. The van der Waals surface area contributed by atoms with Crippen molar-refractivity contribution in [3.05, 3.63) is 63.9 Å². The van der Waals surface area contributed by atoms with Crippen molar-refractivity contribution < 1.29 is 27.2 Å². The molecule has 172 valence electrons. The average Bonchev–Trinajstić information content (AvgIpc) is 3.59. The first-order valence-electron chi connectivity index (χ1n) is 10.4. The molecule has 11 heteroatoms. The van der Waals surface area contributed by atoms with Crippen LogP contribution in [0.2, 0.25) is 5.02 Å². The van der Waals surface area contributed by atoms with Gasteiger partial charge in [-0.25, -0.2) is 17.1 Å². The van der Waals surface area contributed by atoms with Gasteiger partial charge in [-0.1, -0.05) is 11.6 Å². The Morgan fingerprint density at radius 3 is 2.18 bits per heavy atom. The van der Waals surface area contributed by atoms with Crippen LogP contribution in [-0.2, 0) is 10.0 Å². The van der Waals surface area contributed by atoms with E-state index in [1.165, 1.54) is 34.1 Å². The SMILES string of the molecule is O=C(c1ccc2c(c1)S(=O)(=O)N(C1CC1)C2=O)N1CCN(C(=O)c2ccc(F)cc2Cl)CC1. The van der Waals surface area contributed by atoms with Crippen molar-refractivity contribution in [2.75, 3.05) is 26.2 Å². The Hall–Kier alpha value is -2.98. The maximum absolute atomic E-state index is 13.3. The van der Waals surface area contributed by atoms with Crippen molar-refractivity contribution in [1.82, 2.24) is 14.1 Å². The number of sulfonamides is 1. The lowest BCUT2D eigenvalue weighted by atomic mass is 10.1. The molecular formula is C22H19ClFN3O5S. The normalized spacial score (nSPS) is 19.6. The molecule has 0 aromatic heterocycles. The number of hydrogen-bond acceptors (Lipinski definition) is 5. The Bertz CT molecular complexity index is 1300. The number of carbonyl (C=O) groups is 3. The maximum Gasteiger partial charge on any atom is 0.269 e. The number of amides is 3. The largest absolute Gasteiger partial charge is 0.335 e. The number of nitrogens with zero attached hydrogens (tertiary/aromatic N) is 3. The Kier molecular flexibility index (Phi) is 5.17. The van der Waals surface area contributed by atoms with Gasteiger partial charge in [-0.3, -0.25) is 14.4 Å². The smallest absolute Gasteiger partial charge is 0.269 e. The van der Waals surface area contributed by atoms with Gasteiger partial charge in [-0.05, 0) is 49.2 Å². The molecule has 2 heterocycles. The first-order chi connectivity index (χ1) is 15.7. The fourth-order valence-electron chi connectivity index (χ4n) is 4.18. The van der Waals surface area contributed by atoms with Gasteiger partial charge in [-0.2, -0.15) is 0 Å². The topological polar surface area (TPSA) is 95.1 Å². The number of benzene rings is 2. The Morgan fingerprint density at radius 2 is 1.58 bits per heavy atom. The van der Waals surface area contributed by atoms with Crippen molar-refractivity contribution in [2.24, 2.45) is 0 Å². The van der Waals surface area contributed by atoms with Crippen LogP contribution in [-0.4, -0.2) is 72.5 Å². The molecule has 1 aliphatic carbocycles. The predicted molar refractivity (Wildman–Crippen MR) is 116 cm³/mol. The van der Waals surface area contributed by atoms with Gasteiger partial charge in [-0.15, -0.1) is 0 Å². The number of piperazine rings is 1. The summed E-state index contributed by atoms with van der Waals surface area (Å²) in [4.78, 5) is 41.2. The maximum atomic E-state index is 13.3. The van der Waals surface area contributed by atoms with Crippen LogP contribution in [0, 0.1) is 5.82 Å². The van der Waals surface area contributed by atoms with E-state index in [2.05, 4.69) is 0 Å². The number of hydrogen-bond donors (Lipinski definition) is 0. The third-order valence-electron chi connectivity index (χ3n) is 6.09. The summed E-state index contributed by atoms with van der Waals surface area (Å²) in [6, 6.07) is 7.38. The third-order valence-corrected chi connectivity index (χ3v) is 8.28. The van der Waals surface area contributed by atoms with Crippen LogP contribution in [0.1, 0.15) is 43.9 Å². The molecule has 2 aromatic carbocycles. The molecule has 0 spiro atoms. The highest BCUT2D eigenvalue weighted by atomic mass is 35.5. The van der Waals surface area contributed by atoms with E-state index in [-0.39, 0.29) is 70.6 Å². The lowest BCUT2D eigenvalue weighted by molar-refractivity contribution is 0.0535. The Labute approximate surface area is 194 Å². The number of fused-ring (bicyclic) bond motifs is 1. The second-order valence-corrected chi connectivity index (χ2v) is 10.4. The molecule has 2 aromatic rings. The molecule has 1 saturated carbocycles. The molecule has 2 aliphatic heterocycles. The lowest BCUT2D eigenvalue weighted by Crippen LogP contribution is -2.50. The summed E-state index contributed by atoms with van der Waals surface area (Å²) in [5, 5.41) is 0.0210. The minimum Gasteiger partial charge on any atom is -0.335 e. The van der Waals surface area contributed by atoms with Gasteiger partial charge in [0.1, 0.15) is 10.7 Å². The lowest BCUT2D eigenvalue weighted by Gasteiger charge is -2.35. The van der Waals surface area contributed by atoms with Gasteiger partial charge in [0.15, 0.2) is 0 Å². The molecule has 0 atom stereocenters. The van der Waals surface area contributed by atoms with Crippen molar-refractivity contribution in [3.63, 3.8) is 0 Å². The van der Waals surface area contributed by atoms with Gasteiger partial charge in [0, 0.05) is 37.8 Å². The van der Waals surface area contributed by atoms with Crippen LogP contribution < -0.4 is 0 Å². The molecule has 1 saturated heterocycles. The van der Waals surface area contributed by atoms with E-state index >= 15 is 0 Å². The summed E-state index contributed by atoms with van der Waals surface area (Å²) in [5.41, 5.74) is 0.445. The molecular weight excluding hydrogens is 473 g/mol. The van der Waals surface area contributed by atoms with Gasteiger partial charge in [0.2, 0.25) is 0 Å². The highest BCUT2D eigenvalue weighted by Crippen LogP contribution is 2.39. The standard InChI is InChI=1S/C22H19ClFN3O5S/c23-18-12-14(24)2-6-16(18)21(29)26-9-7-25(8-10-26)20(28)13-1-5-17-19(11-13)33(31,32)27(22(17)30)15-3-4-15/h1-2,5-6,11-12,15H,3-4,7-10H2. The highest BCUT2D eigenvalue weighted by molar-refractivity contribution is 7.90. The van der Waals surface area contributed by atoms with E-state index in [4.69, 9.17) is 11.6 Å². The number of halogens is 2. The van der Waals surface area contributed by atoms with Crippen LogP contribution in [0.5, 0.6) is 0 Å². The third kappa shape index (κ3) is 3.67. The van der Waals surface area contributed by atoms with E-state index in [1.807, 2.05) is 0 Å². The minimum atomic E-state index is -3.96. The monoisotopic (exact) mass is 491 g/mol. The number of carbonyl (C=O) groups excluding carboxylic acids is 3. The zero-order chi connectivity index (χ0) is 23.5. The van der Waals surface area contributed by atoms with E-state index in [0.29, 0.717) is 12.8 Å². The fraction of sp³-hybridized carbons (Fsp3) is 0.318. The minimum absolute atomic E-state index is 0.0210. The molecule has 33 heavy (non-hydrogen) atoms. The Morgan fingerprint density at radius 1 is 0.939 bits per heavy atom. The van der Waals surface area contributed by atoms with E-state index in [0.717, 1.165) is 16.4 Å². The van der Waals surface area contributed by atoms with Gasteiger partial charge in [0.05, 0.1) is 16.1 Å². The van der Waals surface area contributed by atoms with E-state index in [9.17, 15) is 27.2 Å². The molecule has 8 nitrogen and oxygen atoms in total. The van der Waals surface area contributed by atoms with Crippen molar-refractivity contribution in [1.29, 1.82) is 0 Å². The summed E-state index contributed by atoms with van der Waals surface area (Å²) in [6.07, 6.45) is 1.30. The van der Waals surface area contributed by atoms with Crippen LogP contribution in [0.15, 0.2) is 41.3 Å². The predicted octanol–water partition coefficient (Wildman–Crippen LogP) is 2.38. The summed E-state index contributed by atoms with van der Waals surface area (Å²) in [7, 11) is -3.96. The molecule has 0 N–H and O–H groups in total. The second kappa shape index (κ2) is 7.81. The number of rotatable bonds is 3. The first kappa shape index (κ1) is 21.8. The average molecular weight is 492 g/mol. The van der Waals surface area contributed by atoms with Crippen LogP contribution in [0.25, 0.3) is 0 Å². The zero-order valence-corrected chi connectivity index (χ0v) is 18.9. The van der Waals surface area contributed by atoms with Crippen LogP contribution in [0.4, 0.5) is 4.39 Å². The van der Waals surface area contributed by atoms with E-state index in [1.54, 1.807) is 0 Å². The van der Waals surface area contributed by atoms with Crippen LogP contribution in [0.3, 0.4) is 0 Å². The summed E-state index contributed by atoms with van der Waals surface area (Å²) < 4.78 is 39.8. The molecule has 2 fully saturated rings. The zero-order valence-electron chi connectivity index (χ0n) is 17.3. The van der Waals surface area contributed by atoms with Crippen LogP contribution >= 0.6 is 11.6 Å². The molecule has 0 radical (unpaired) electrons. The van der Waals surface area contributed by atoms with Gasteiger partial charge >= 0.3 is 0 Å². The molecule has 0 bridgehead atoms.